The number of sulfonamides is 1. The molecule has 3 aromatic rings. The largest absolute Gasteiger partial charge is 0.340 e. The summed E-state index contributed by atoms with van der Waals surface area (Å²) in [7, 11) is -2.14. The lowest BCUT2D eigenvalue weighted by atomic mass is 10.1. The summed E-state index contributed by atoms with van der Waals surface area (Å²) < 4.78 is 28.3. The molecule has 1 amide bonds. The summed E-state index contributed by atoms with van der Waals surface area (Å²) in [4.78, 5) is 14.8. The number of hydrogen-bond acceptors (Lipinski definition) is 3. The summed E-state index contributed by atoms with van der Waals surface area (Å²) >= 11 is 0. The minimum Gasteiger partial charge on any atom is -0.340 e. The van der Waals surface area contributed by atoms with Crippen LogP contribution in [-0.4, -0.2) is 32.3 Å². The van der Waals surface area contributed by atoms with Gasteiger partial charge >= 0.3 is 0 Å². The smallest absolute Gasteiger partial charge is 0.241 e. The molecule has 0 saturated carbocycles. The van der Waals surface area contributed by atoms with Crippen molar-refractivity contribution in [2.75, 3.05) is 7.05 Å². The molecule has 3 aromatic carbocycles. The average Bonchev–Trinajstić information content (AvgIpc) is 2.74. The van der Waals surface area contributed by atoms with Gasteiger partial charge < -0.3 is 4.90 Å². The molecule has 0 aliphatic rings. The third kappa shape index (κ3) is 5.76. The van der Waals surface area contributed by atoms with Crippen molar-refractivity contribution in [2.45, 2.75) is 23.9 Å². The molecule has 6 heteroatoms. The third-order valence-electron chi connectivity index (χ3n) is 4.57. The van der Waals surface area contributed by atoms with Gasteiger partial charge in [-0.3, -0.25) is 4.79 Å². The van der Waals surface area contributed by atoms with Crippen LogP contribution in [0.25, 0.3) is 0 Å². The summed E-state index contributed by atoms with van der Waals surface area (Å²) in [6.07, 6.45) is 0.269. The Balaban J connectivity index is 1.83. The molecular formula is C23H24N2O3S. The number of benzene rings is 3. The molecule has 0 aliphatic heterocycles. The maximum atomic E-state index is 13.2. The Morgan fingerprint density at radius 2 is 1.31 bits per heavy atom. The Labute approximate surface area is 172 Å². The lowest BCUT2D eigenvalue weighted by Gasteiger charge is -2.25. The molecule has 0 radical (unpaired) electrons. The van der Waals surface area contributed by atoms with E-state index in [9.17, 15) is 13.2 Å². The van der Waals surface area contributed by atoms with E-state index in [0.717, 1.165) is 11.1 Å². The summed E-state index contributed by atoms with van der Waals surface area (Å²) in [5, 5.41) is 0. The molecule has 150 valence electrons. The zero-order valence-corrected chi connectivity index (χ0v) is 17.0. The molecule has 0 saturated heterocycles. The molecule has 0 heterocycles. The topological polar surface area (TPSA) is 66.5 Å². The fourth-order valence-electron chi connectivity index (χ4n) is 3.09. The SMILES string of the molecule is CN(Cc1ccccc1)C(=O)[C@@H](Cc1ccccc1)NS(=O)(=O)c1ccccc1. The molecule has 0 unspecified atom stereocenters. The zero-order valence-electron chi connectivity index (χ0n) is 16.2. The van der Waals surface area contributed by atoms with Gasteiger partial charge in [-0.05, 0) is 29.7 Å². The van der Waals surface area contributed by atoms with Gasteiger partial charge in [0.05, 0.1) is 4.90 Å². The van der Waals surface area contributed by atoms with Crippen LogP contribution in [0.3, 0.4) is 0 Å². The van der Waals surface area contributed by atoms with Gasteiger partial charge in [-0.25, -0.2) is 8.42 Å². The molecular weight excluding hydrogens is 384 g/mol. The van der Waals surface area contributed by atoms with E-state index >= 15 is 0 Å². The van der Waals surface area contributed by atoms with Crippen molar-refractivity contribution in [3.63, 3.8) is 0 Å². The predicted octanol–water partition coefficient (Wildman–Crippen LogP) is 3.23. The molecule has 0 spiro atoms. The number of carbonyl (C=O) groups excluding carboxylic acids is 1. The van der Waals surface area contributed by atoms with E-state index in [2.05, 4.69) is 4.72 Å². The van der Waals surface area contributed by atoms with E-state index in [1.807, 2.05) is 60.7 Å². The first kappa shape index (κ1) is 20.8. The number of amides is 1. The number of hydrogen-bond donors (Lipinski definition) is 1. The zero-order chi connectivity index (χ0) is 20.7. The van der Waals surface area contributed by atoms with E-state index in [1.165, 1.54) is 12.1 Å². The van der Waals surface area contributed by atoms with Crippen LogP contribution in [0.1, 0.15) is 11.1 Å². The Bertz CT molecular complexity index is 1020. The fourth-order valence-corrected chi connectivity index (χ4v) is 4.30. The first-order chi connectivity index (χ1) is 14.0. The monoisotopic (exact) mass is 408 g/mol. The number of carbonyl (C=O) groups is 1. The van der Waals surface area contributed by atoms with Crippen LogP contribution in [0.2, 0.25) is 0 Å². The second kappa shape index (κ2) is 9.49. The van der Waals surface area contributed by atoms with E-state index < -0.39 is 16.1 Å². The standard InChI is InChI=1S/C23H24N2O3S/c1-25(18-20-13-7-3-8-14-20)23(26)22(17-19-11-5-2-6-12-19)24-29(27,28)21-15-9-4-10-16-21/h2-16,22,24H,17-18H2,1H3/t22-/m1/s1. The Hall–Kier alpha value is -2.96. The molecule has 1 N–H and O–H groups in total. The second-order valence-electron chi connectivity index (χ2n) is 6.86. The number of nitrogens with zero attached hydrogens (tertiary/aromatic N) is 1. The summed E-state index contributed by atoms with van der Waals surface area (Å²) in [6.45, 7) is 0.401. The van der Waals surface area contributed by atoms with Crippen molar-refractivity contribution in [1.29, 1.82) is 0 Å². The van der Waals surface area contributed by atoms with E-state index in [1.54, 1.807) is 30.1 Å². The van der Waals surface area contributed by atoms with Crippen molar-refractivity contribution in [3.05, 3.63) is 102 Å². The molecule has 0 fully saturated rings. The van der Waals surface area contributed by atoms with Crippen LogP contribution in [0, 0.1) is 0 Å². The quantitative estimate of drug-likeness (QED) is 0.622. The van der Waals surface area contributed by atoms with E-state index in [0.29, 0.717) is 6.54 Å². The maximum absolute atomic E-state index is 13.2. The number of nitrogens with one attached hydrogen (secondary N) is 1. The van der Waals surface area contributed by atoms with Crippen LogP contribution < -0.4 is 4.72 Å². The first-order valence-electron chi connectivity index (χ1n) is 9.36. The normalized spacial score (nSPS) is 12.3. The van der Waals surface area contributed by atoms with Crippen molar-refractivity contribution >= 4 is 15.9 Å². The lowest BCUT2D eigenvalue weighted by molar-refractivity contribution is -0.132. The Kier molecular flexibility index (Phi) is 6.80. The minimum absolute atomic E-state index is 0.136. The van der Waals surface area contributed by atoms with E-state index in [-0.39, 0.29) is 17.2 Å². The van der Waals surface area contributed by atoms with Crippen LogP contribution in [0.15, 0.2) is 95.9 Å². The van der Waals surface area contributed by atoms with Crippen molar-refractivity contribution < 1.29 is 13.2 Å². The van der Waals surface area contributed by atoms with Gasteiger partial charge in [0, 0.05) is 13.6 Å². The highest BCUT2D eigenvalue weighted by Gasteiger charge is 2.28. The summed E-state index contributed by atoms with van der Waals surface area (Å²) in [5.74, 6) is -0.280. The van der Waals surface area contributed by atoms with Crippen molar-refractivity contribution in [2.24, 2.45) is 0 Å². The highest BCUT2D eigenvalue weighted by molar-refractivity contribution is 7.89. The first-order valence-corrected chi connectivity index (χ1v) is 10.8. The van der Waals surface area contributed by atoms with Gasteiger partial charge in [0.2, 0.25) is 15.9 Å². The molecule has 29 heavy (non-hydrogen) atoms. The second-order valence-corrected chi connectivity index (χ2v) is 8.57. The highest BCUT2D eigenvalue weighted by atomic mass is 32.2. The predicted molar refractivity (Wildman–Crippen MR) is 114 cm³/mol. The van der Waals surface area contributed by atoms with Crippen LogP contribution in [0.4, 0.5) is 0 Å². The molecule has 0 aromatic heterocycles. The van der Waals surface area contributed by atoms with Crippen LogP contribution >= 0.6 is 0 Å². The third-order valence-corrected chi connectivity index (χ3v) is 6.06. The van der Waals surface area contributed by atoms with Crippen LogP contribution in [0.5, 0.6) is 0 Å². The molecule has 0 aliphatic carbocycles. The van der Waals surface area contributed by atoms with E-state index in [4.69, 9.17) is 0 Å². The Morgan fingerprint density at radius 1 is 0.828 bits per heavy atom. The fraction of sp³-hybridized carbons (Fsp3) is 0.174. The maximum Gasteiger partial charge on any atom is 0.241 e. The summed E-state index contributed by atoms with van der Waals surface area (Å²) in [5.41, 5.74) is 1.86. The van der Waals surface area contributed by atoms with Gasteiger partial charge in [-0.1, -0.05) is 78.9 Å². The van der Waals surface area contributed by atoms with Gasteiger partial charge in [0.25, 0.3) is 0 Å². The van der Waals surface area contributed by atoms with Crippen molar-refractivity contribution in [1.82, 2.24) is 9.62 Å². The molecule has 0 bridgehead atoms. The van der Waals surface area contributed by atoms with Gasteiger partial charge in [0.1, 0.15) is 6.04 Å². The molecule has 3 rings (SSSR count). The van der Waals surface area contributed by atoms with Crippen molar-refractivity contribution in [3.8, 4) is 0 Å². The number of likely N-dealkylation sites (N-methyl/N-ethyl adjacent to an activating group) is 1. The lowest BCUT2D eigenvalue weighted by Crippen LogP contribution is -2.48. The Morgan fingerprint density at radius 3 is 1.86 bits per heavy atom. The summed E-state index contributed by atoms with van der Waals surface area (Å²) in [6, 6.07) is 26.2. The van der Waals surface area contributed by atoms with Crippen LogP contribution in [-0.2, 0) is 27.8 Å². The van der Waals surface area contributed by atoms with Gasteiger partial charge in [-0.2, -0.15) is 4.72 Å². The number of rotatable bonds is 8. The molecule has 1 atom stereocenters. The van der Waals surface area contributed by atoms with Gasteiger partial charge in [-0.15, -0.1) is 0 Å². The molecule has 5 nitrogen and oxygen atoms in total. The highest BCUT2D eigenvalue weighted by Crippen LogP contribution is 2.13. The minimum atomic E-state index is -3.83. The average molecular weight is 409 g/mol. The van der Waals surface area contributed by atoms with Gasteiger partial charge in [0.15, 0.2) is 0 Å².